The number of fused-ring (bicyclic) bond motifs is 1. The fourth-order valence-electron chi connectivity index (χ4n) is 3.68. The second-order valence-electron chi connectivity index (χ2n) is 8.09. The maximum absolute atomic E-state index is 14.2. The lowest BCUT2D eigenvalue weighted by Gasteiger charge is -2.29. The van der Waals surface area contributed by atoms with E-state index in [1.807, 2.05) is 25.3 Å². The van der Waals surface area contributed by atoms with E-state index in [9.17, 15) is 4.39 Å². The molecule has 0 amide bonds. The second kappa shape index (κ2) is 6.76. The Labute approximate surface area is 158 Å². The highest BCUT2D eigenvalue weighted by atomic mass is 19.1. The van der Waals surface area contributed by atoms with E-state index in [0.717, 1.165) is 41.6 Å². The third-order valence-electron chi connectivity index (χ3n) is 5.33. The monoisotopic (exact) mass is 365 g/mol. The Morgan fingerprint density at radius 1 is 1.30 bits per heavy atom. The quantitative estimate of drug-likeness (QED) is 0.671. The van der Waals surface area contributed by atoms with Gasteiger partial charge >= 0.3 is 0 Å². The number of H-pyrrole nitrogens is 1. The average molecular weight is 365 g/mol. The highest BCUT2D eigenvalue weighted by molar-refractivity contribution is 5.67. The van der Waals surface area contributed by atoms with E-state index in [-0.39, 0.29) is 5.41 Å². The molecule has 6 heteroatoms. The van der Waals surface area contributed by atoms with E-state index in [4.69, 9.17) is 0 Å². The summed E-state index contributed by atoms with van der Waals surface area (Å²) in [5.41, 5.74) is 6.43. The Morgan fingerprint density at radius 3 is 2.96 bits per heavy atom. The molecule has 0 bridgehead atoms. The van der Waals surface area contributed by atoms with Crippen molar-refractivity contribution in [2.75, 3.05) is 5.32 Å². The zero-order chi connectivity index (χ0) is 19.0. The van der Waals surface area contributed by atoms with Crippen molar-refractivity contribution in [2.45, 2.75) is 46.6 Å². The number of aryl methyl sites for hydroxylation is 1. The van der Waals surface area contributed by atoms with Crippen LogP contribution in [-0.4, -0.2) is 20.2 Å². The predicted octanol–water partition coefficient (Wildman–Crippen LogP) is 4.44. The number of anilines is 1. The summed E-state index contributed by atoms with van der Waals surface area (Å²) < 4.78 is 14.2. The van der Waals surface area contributed by atoms with E-state index in [1.165, 1.54) is 17.3 Å². The summed E-state index contributed by atoms with van der Waals surface area (Å²) in [5, 5.41) is 10.9. The Bertz CT molecular complexity index is 976. The van der Waals surface area contributed by atoms with Gasteiger partial charge in [0.25, 0.3) is 0 Å². The van der Waals surface area contributed by atoms with Gasteiger partial charge in [0.05, 0.1) is 5.69 Å². The first kappa shape index (κ1) is 17.6. The molecule has 4 rings (SSSR count). The van der Waals surface area contributed by atoms with Gasteiger partial charge in [0.15, 0.2) is 0 Å². The van der Waals surface area contributed by atoms with Gasteiger partial charge in [-0.05, 0) is 54.9 Å². The van der Waals surface area contributed by atoms with E-state index in [0.29, 0.717) is 12.4 Å². The van der Waals surface area contributed by atoms with Crippen molar-refractivity contribution >= 4 is 5.82 Å². The van der Waals surface area contributed by atoms with Crippen molar-refractivity contribution in [3.63, 3.8) is 0 Å². The summed E-state index contributed by atoms with van der Waals surface area (Å²) in [7, 11) is 0. The molecular formula is C21H24FN5. The minimum Gasteiger partial charge on any atom is -0.366 e. The summed E-state index contributed by atoms with van der Waals surface area (Å²) in [5.74, 6) is -0.00746. The first-order valence-corrected chi connectivity index (χ1v) is 9.29. The first-order valence-electron chi connectivity index (χ1n) is 9.29. The van der Waals surface area contributed by atoms with Gasteiger partial charge < -0.3 is 5.32 Å². The van der Waals surface area contributed by atoms with Gasteiger partial charge in [-0.3, -0.25) is 10.1 Å². The molecule has 0 radical (unpaired) electrons. The second-order valence-corrected chi connectivity index (χ2v) is 8.09. The van der Waals surface area contributed by atoms with Crippen LogP contribution in [0.25, 0.3) is 11.3 Å². The maximum Gasteiger partial charge on any atom is 0.215 e. The number of halogens is 1. The highest BCUT2D eigenvalue weighted by Gasteiger charge is 2.29. The van der Waals surface area contributed by atoms with Gasteiger partial charge in [0.2, 0.25) is 5.95 Å². The largest absolute Gasteiger partial charge is 0.366 e. The summed E-state index contributed by atoms with van der Waals surface area (Å²) in [6.07, 6.45) is 6.60. The van der Waals surface area contributed by atoms with Gasteiger partial charge in [-0.1, -0.05) is 13.8 Å². The smallest absolute Gasteiger partial charge is 0.215 e. The van der Waals surface area contributed by atoms with Gasteiger partial charge in [-0.15, -0.1) is 0 Å². The molecule has 140 valence electrons. The Morgan fingerprint density at radius 2 is 2.15 bits per heavy atom. The fraction of sp³-hybridized carbons (Fsp3) is 0.381. The molecule has 27 heavy (non-hydrogen) atoms. The lowest BCUT2D eigenvalue weighted by molar-refractivity contribution is 0.312. The van der Waals surface area contributed by atoms with Crippen molar-refractivity contribution in [2.24, 2.45) is 5.41 Å². The Balaban J connectivity index is 1.60. The maximum atomic E-state index is 14.2. The lowest BCUT2D eigenvalue weighted by Crippen LogP contribution is -2.21. The molecule has 0 unspecified atom stereocenters. The molecular weight excluding hydrogens is 341 g/mol. The summed E-state index contributed by atoms with van der Waals surface area (Å²) in [6.45, 7) is 7.11. The zero-order valence-electron chi connectivity index (χ0n) is 15.9. The lowest BCUT2D eigenvalue weighted by atomic mass is 9.76. The summed E-state index contributed by atoms with van der Waals surface area (Å²) >= 11 is 0. The third-order valence-corrected chi connectivity index (χ3v) is 5.33. The number of hydrogen-bond acceptors (Lipinski definition) is 4. The number of pyridine rings is 2. The van der Waals surface area contributed by atoms with Crippen LogP contribution in [0.1, 0.15) is 42.7 Å². The number of nitrogens with zero attached hydrogens (tertiary/aromatic N) is 3. The van der Waals surface area contributed by atoms with Crippen LogP contribution >= 0.6 is 0 Å². The molecule has 0 aliphatic heterocycles. The third kappa shape index (κ3) is 3.70. The van der Waals surface area contributed by atoms with Crippen molar-refractivity contribution in [1.29, 1.82) is 0 Å². The van der Waals surface area contributed by atoms with Crippen LogP contribution < -0.4 is 5.32 Å². The van der Waals surface area contributed by atoms with Crippen LogP contribution in [0.4, 0.5) is 10.2 Å². The van der Waals surface area contributed by atoms with Crippen LogP contribution in [0, 0.1) is 18.3 Å². The molecule has 0 spiro atoms. The molecule has 0 saturated carbocycles. The SMILES string of the molecule is Cc1ccncc1CNc1cc(-c2n[nH]c3c2CCC(C)(C)C3)cc(F)n1. The normalized spacial score (nSPS) is 15.4. The number of hydrogen-bond donors (Lipinski definition) is 2. The molecule has 1 aliphatic rings. The predicted molar refractivity (Wildman–Crippen MR) is 104 cm³/mol. The zero-order valence-corrected chi connectivity index (χ0v) is 15.9. The van der Waals surface area contributed by atoms with Gasteiger partial charge in [0, 0.05) is 41.8 Å². The van der Waals surface area contributed by atoms with Crippen LogP contribution in [-0.2, 0) is 19.4 Å². The minimum absolute atomic E-state index is 0.272. The molecule has 3 heterocycles. The molecule has 2 N–H and O–H groups in total. The molecule has 0 fully saturated rings. The number of rotatable bonds is 4. The van der Waals surface area contributed by atoms with Crippen molar-refractivity contribution < 1.29 is 4.39 Å². The average Bonchev–Trinajstić information content (AvgIpc) is 3.02. The summed E-state index contributed by atoms with van der Waals surface area (Å²) in [6, 6.07) is 5.28. The van der Waals surface area contributed by atoms with Gasteiger partial charge in [0.1, 0.15) is 5.82 Å². The van der Waals surface area contributed by atoms with Crippen LogP contribution in [0.3, 0.4) is 0 Å². The standard InChI is InChI=1S/C21H24FN5/c1-13-5-7-23-11-15(13)12-24-19-9-14(8-18(22)25-19)20-16-4-6-21(2,3)10-17(16)26-27-20/h5,7-9,11H,4,6,10,12H2,1-3H3,(H,24,25)(H,26,27). The van der Waals surface area contributed by atoms with Crippen molar-refractivity contribution in [1.82, 2.24) is 20.2 Å². The van der Waals surface area contributed by atoms with Crippen molar-refractivity contribution in [3.8, 4) is 11.3 Å². The highest BCUT2D eigenvalue weighted by Crippen LogP contribution is 2.38. The molecule has 3 aromatic heterocycles. The molecule has 1 aliphatic carbocycles. The molecule has 0 atom stereocenters. The first-order chi connectivity index (χ1) is 12.9. The minimum atomic E-state index is -0.509. The number of nitrogens with one attached hydrogen (secondary N) is 2. The van der Waals surface area contributed by atoms with Crippen LogP contribution in [0.5, 0.6) is 0 Å². The molecule has 0 aromatic carbocycles. The number of aromatic nitrogens is 4. The van der Waals surface area contributed by atoms with Crippen LogP contribution in [0.15, 0.2) is 30.6 Å². The topological polar surface area (TPSA) is 66.5 Å². The summed E-state index contributed by atoms with van der Waals surface area (Å²) in [4.78, 5) is 8.13. The van der Waals surface area contributed by atoms with Gasteiger partial charge in [-0.25, -0.2) is 4.98 Å². The van der Waals surface area contributed by atoms with Crippen molar-refractivity contribution in [3.05, 3.63) is 58.9 Å². The van der Waals surface area contributed by atoms with E-state index in [1.54, 1.807) is 6.20 Å². The van der Waals surface area contributed by atoms with Gasteiger partial charge in [-0.2, -0.15) is 9.49 Å². The van der Waals surface area contributed by atoms with E-state index >= 15 is 0 Å². The van der Waals surface area contributed by atoms with E-state index < -0.39 is 5.95 Å². The molecule has 0 saturated heterocycles. The number of aromatic amines is 1. The fourth-order valence-corrected chi connectivity index (χ4v) is 3.68. The molecule has 5 nitrogen and oxygen atoms in total. The molecule has 3 aromatic rings. The van der Waals surface area contributed by atoms with Crippen LogP contribution in [0.2, 0.25) is 0 Å². The van der Waals surface area contributed by atoms with E-state index in [2.05, 4.69) is 39.3 Å². The Hall–Kier alpha value is -2.76. The Kier molecular flexibility index (Phi) is 4.42.